The van der Waals surface area contributed by atoms with Crippen molar-refractivity contribution in [1.82, 2.24) is 13.9 Å². The minimum absolute atomic E-state index is 0.245. The summed E-state index contributed by atoms with van der Waals surface area (Å²) in [5.41, 5.74) is 5.45. The van der Waals surface area contributed by atoms with Gasteiger partial charge in [0.1, 0.15) is 5.82 Å². The Balaban J connectivity index is 1.44. The molecule has 0 bridgehead atoms. The number of hydrogen-bond donors (Lipinski definition) is 1. The van der Waals surface area contributed by atoms with Gasteiger partial charge in [0.25, 0.3) is 0 Å². The third kappa shape index (κ3) is 4.96. The molecule has 4 nitrogen and oxygen atoms in total. The lowest BCUT2D eigenvalue weighted by Gasteiger charge is -2.36. The number of halogens is 2. The summed E-state index contributed by atoms with van der Waals surface area (Å²) in [5, 5.41) is 11.4. The van der Waals surface area contributed by atoms with Crippen LogP contribution in [0.4, 0.5) is 4.39 Å². The molecular weight excluding hydrogens is 548 g/mol. The summed E-state index contributed by atoms with van der Waals surface area (Å²) in [5.74, 6) is -0.245. The van der Waals surface area contributed by atoms with Crippen LogP contribution in [0.1, 0.15) is 25.3 Å². The van der Waals surface area contributed by atoms with Gasteiger partial charge in [0.2, 0.25) is 0 Å². The van der Waals surface area contributed by atoms with Gasteiger partial charge in [-0.2, -0.15) is 0 Å². The van der Waals surface area contributed by atoms with E-state index in [4.69, 9.17) is 4.98 Å². The lowest BCUT2D eigenvalue weighted by atomic mass is 9.94. The molecule has 1 N–H and O–H groups in total. The van der Waals surface area contributed by atoms with Crippen LogP contribution in [0.25, 0.3) is 33.3 Å². The molecule has 5 rings (SSSR count). The highest BCUT2D eigenvalue weighted by atomic mass is 127. The van der Waals surface area contributed by atoms with E-state index in [1.54, 1.807) is 21.3 Å². The number of pyridine rings is 1. The van der Waals surface area contributed by atoms with Crippen molar-refractivity contribution >= 4 is 41.4 Å². The zero-order valence-corrected chi connectivity index (χ0v) is 21.3. The molecule has 0 saturated carbocycles. The van der Waals surface area contributed by atoms with Crippen LogP contribution in [0.2, 0.25) is 0 Å². The predicted molar refractivity (Wildman–Crippen MR) is 143 cm³/mol. The topological polar surface area (TPSA) is 41.3 Å². The number of benzene rings is 2. The number of β-amino-alcohol motifs (C(OH)–C–C–N with tert-alkyl or cyclic N) is 1. The average molecular weight is 573 g/mol. The molecule has 0 spiro atoms. The second kappa shape index (κ2) is 9.37. The van der Waals surface area contributed by atoms with Crippen molar-refractivity contribution in [3.8, 4) is 22.3 Å². The van der Waals surface area contributed by atoms with E-state index in [1.165, 1.54) is 11.6 Å². The Morgan fingerprint density at radius 3 is 2.67 bits per heavy atom. The molecule has 7 heteroatoms. The van der Waals surface area contributed by atoms with Crippen LogP contribution in [0.15, 0.2) is 67.0 Å². The van der Waals surface area contributed by atoms with Crippen LogP contribution in [-0.4, -0.2) is 37.7 Å². The average Bonchev–Trinajstić information content (AvgIpc) is 3.17. The summed E-state index contributed by atoms with van der Waals surface area (Å²) in [6.45, 7) is 4.50. The fourth-order valence-electron chi connectivity index (χ4n) is 4.69. The summed E-state index contributed by atoms with van der Waals surface area (Å²) in [4.78, 5) is 7.06. The van der Waals surface area contributed by atoms with Crippen molar-refractivity contribution < 1.29 is 9.50 Å². The van der Waals surface area contributed by atoms with Gasteiger partial charge in [-0.25, -0.2) is 9.37 Å². The van der Waals surface area contributed by atoms with E-state index in [0.29, 0.717) is 6.54 Å². The van der Waals surface area contributed by atoms with E-state index in [9.17, 15) is 9.50 Å². The summed E-state index contributed by atoms with van der Waals surface area (Å²) < 4.78 is 15.9. The molecule has 2 aromatic carbocycles. The van der Waals surface area contributed by atoms with Gasteiger partial charge in [-0.05, 0) is 61.2 Å². The second-order valence-electron chi connectivity index (χ2n) is 9.05. The highest BCUT2D eigenvalue weighted by Crippen LogP contribution is 2.36. The molecule has 0 amide bonds. The summed E-state index contributed by atoms with van der Waals surface area (Å²) in [6, 6.07) is 17.4. The Bertz CT molecular complexity index is 1290. The van der Waals surface area contributed by atoms with Gasteiger partial charge in [0.15, 0.2) is 5.65 Å². The van der Waals surface area contributed by atoms with Crippen molar-refractivity contribution in [1.29, 1.82) is 0 Å². The highest BCUT2D eigenvalue weighted by molar-refractivity contribution is 14.2. The number of aliphatic hydroxyl groups is 1. The number of likely N-dealkylation sites (tertiary alicyclic amines) is 1. The molecule has 33 heavy (non-hydrogen) atoms. The van der Waals surface area contributed by atoms with Crippen LogP contribution in [-0.2, 0) is 6.54 Å². The maximum atomic E-state index is 13.9. The van der Waals surface area contributed by atoms with Crippen molar-refractivity contribution in [3.05, 3.63) is 78.4 Å². The Kier molecular flexibility index (Phi) is 6.48. The molecule has 4 aromatic rings. The zero-order chi connectivity index (χ0) is 23.0. The van der Waals surface area contributed by atoms with Crippen LogP contribution in [0, 0.1) is 5.82 Å². The Morgan fingerprint density at radius 1 is 1.12 bits per heavy atom. The summed E-state index contributed by atoms with van der Waals surface area (Å²) in [7, 11) is 1.55. The quantitative estimate of drug-likeness (QED) is 0.270. The van der Waals surface area contributed by atoms with Gasteiger partial charge in [-0.3, -0.25) is 8.87 Å². The van der Waals surface area contributed by atoms with Crippen molar-refractivity contribution in [2.24, 2.45) is 0 Å². The number of aromatic nitrogens is 2. The minimum Gasteiger partial charge on any atom is -0.389 e. The molecule has 1 saturated heterocycles. The molecule has 2 aromatic heterocycles. The number of fused-ring (bicyclic) bond motifs is 1. The number of nitrogens with zero attached hydrogens (tertiary/aromatic N) is 3. The first-order valence-corrected chi connectivity index (χ1v) is 14.3. The van der Waals surface area contributed by atoms with Crippen LogP contribution >= 0.6 is 30.3 Å². The Morgan fingerprint density at radius 2 is 1.94 bits per heavy atom. The van der Waals surface area contributed by atoms with Gasteiger partial charge < -0.3 is 5.11 Å². The van der Waals surface area contributed by atoms with E-state index in [2.05, 4.69) is 56.4 Å². The first-order valence-electron chi connectivity index (χ1n) is 11.0. The van der Waals surface area contributed by atoms with Crippen LogP contribution in [0.3, 0.4) is 0 Å². The minimum atomic E-state index is -0.592. The third-order valence-electron chi connectivity index (χ3n) is 6.27. The van der Waals surface area contributed by atoms with Gasteiger partial charge in [-0.1, -0.05) is 36.4 Å². The first-order chi connectivity index (χ1) is 15.9. The Hall–Kier alpha value is -1.94. The molecule has 1 unspecified atom stereocenters. The molecule has 0 radical (unpaired) electrons. The molecule has 3 heterocycles. The zero-order valence-electron chi connectivity index (χ0n) is 18.3. The third-order valence-corrected chi connectivity index (χ3v) is 7.97. The summed E-state index contributed by atoms with van der Waals surface area (Å²) >= 11 is 2.24. The number of rotatable bonds is 5. The molecule has 1 atom stereocenters. The first kappa shape index (κ1) is 22.8. The van der Waals surface area contributed by atoms with E-state index in [-0.39, 0.29) is 5.82 Å². The fourth-order valence-corrected chi connectivity index (χ4v) is 5.95. The van der Waals surface area contributed by atoms with Crippen molar-refractivity contribution in [3.63, 3.8) is 0 Å². The van der Waals surface area contributed by atoms with Gasteiger partial charge in [0, 0.05) is 72.3 Å². The fraction of sp³-hybridized carbons (Fsp3) is 0.269. The smallest absolute Gasteiger partial charge is 0.151 e. The maximum Gasteiger partial charge on any atom is 0.151 e. The molecule has 170 valence electrons. The van der Waals surface area contributed by atoms with Crippen molar-refractivity contribution in [2.75, 3.05) is 13.1 Å². The molecular formula is C26H25FIN3OS. The van der Waals surface area contributed by atoms with E-state index in [0.717, 1.165) is 59.2 Å². The normalized spacial score (nSPS) is 19.3. The lowest BCUT2D eigenvalue weighted by molar-refractivity contribution is -0.0181. The SMILES string of the molecule is CC1(O)CCCN(Cc2ccc(-c3cnc4c(c3)c(-c3cccc(F)c3)cn4SI)cc2)C1. The van der Waals surface area contributed by atoms with Crippen molar-refractivity contribution in [2.45, 2.75) is 31.9 Å². The summed E-state index contributed by atoms with van der Waals surface area (Å²) in [6.07, 6.45) is 5.81. The van der Waals surface area contributed by atoms with E-state index < -0.39 is 5.60 Å². The van der Waals surface area contributed by atoms with Gasteiger partial charge >= 0.3 is 0 Å². The highest BCUT2D eigenvalue weighted by Gasteiger charge is 2.28. The maximum absolute atomic E-state index is 13.9. The largest absolute Gasteiger partial charge is 0.389 e. The molecule has 1 aliphatic rings. The Labute approximate surface area is 209 Å². The van der Waals surface area contributed by atoms with Gasteiger partial charge in [0.05, 0.1) is 5.60 Å². The van der Waals surface area contributed by atoms with Crippen LogP contribution < -0.4 is 0 Å². The number of hydrogen-bond acceptors (Lipinski definition) is 4. The van der Waals surface area contributed by atoms with Gasteiger partial charge in [-0.15, -0.1) is 0 Å². The predicted octanol–water partition coefficient (Wildman–Crippen LogP) is 6.70. The van der Waals surface area contributed by atoms with E-state index in [1.807, 2.05) is 29.4 Å². The molecule has 1 aliphatic heterocycles. The molecule has 0 aliphatic carbocycles. The lowest BCUT2D eigenvalue weighted by Crippen LogP contribution is -2.45. The monoisotopic (exact) mass is 573 g/mol. The van der Waals surface area contributed by atoms with Crippen LogP contribution in [0.5, 0.6) is 0 Å². The molecule has 1 fully saturated rings. The second-order valence-corrected chi connectivity index (χ2v) is 10.8. The number of piperidine rings is 1. The van der Waals surface area contributed by atoms with E-state index >= 15 is 0 Å². The standard InChI is InChI=1S/C26H25FIN3OS/c1-26(32)10-3-11-30(17-26)15-18-6-8-19(9-7-18)21-13-23-24(20-4-2-5-22(27)12-20)16-31(33-28)25(23)29-14-21/h2,4-9,12-14,16,32H,3,10-11,15,17H2,1H3.